The summed E-state index contributed by atoms with van der Waals surface area (Å²) in [4.78, 5) is 5.11. The predicted octanol–water partition coefficient (Wildman–Crippen LogP) is 2.21. The second-order valence-electron chi connectivity index (χ2n) is 6.24. The van der Waals surface area contributed by atoms with Gasteiger partial charge in [-0.1, -0.05) is 18.2 Å². The maximum Gasteiger partial charge on any atom is 0.134 e. The molecule has 1 atom stereocenters. The molecule has 2 fully saturated rings. The molecular formula is C17H23N3O. The lowest BCUT2D eigenvalue weighted by Crippen LogP contribution is -2.49. The van der Waals surface area contributed by atoms with Gasteiger partial charge in [0.05, 0.1) is 6.04 Å². The minimum absolute atomic E-state index is 0.207. The van der Waals surface area contributed by atoms with Crippen molar-refractivity contribution in [3.63, 3.8) is 0 Å². The molecule has 0 amide bonds. The van der Waals surface area contributed by atoms with Crippen LogP contribution in [0.25, 0.3) is 11.0 Å². The summed E-state index contributed by atoms with van der Waals surface area (Å²) in [5, 5.41) is 1.17. The third-order valence-corrected chi connectivity index (χ3v) is 4.85. The van der Waals surface area contributed by atoms with Crippen molar-refractivity contribution < 1.29 is 4.42 Å². The number of hydrogen-bond donors (Lipinski definition) is 1. The van der Waals surface area contributed by atoms with Crippen molar-refractivity contribution in [3.05, 3.63) is 36.1 Å². The summed E-state index contributed by atoms with van der Waals surface area (Å²) < 4.78 is 6.03. The first-order chi connectivity index (χ1) is 10.3. The number of nitrogens with two attached hydrogens (primary N) is 1. The fourth-order valence-corrected chi connectivity index (χ4v) is 3.47. The molecule has 1 unspecified atom stereocenters. The second kappa shape index (κ2) is 5.44. The molecule has 4 rings (SSSR count). The summed E-state index contributed by atoms with van der Waals surface area (Å²) in [6.07, 6.45) is 2.79. The third-order valence-electron chi connectivity index (χ3n) is 4.85. The number of para-hydroxylation sites is 1. The van der Waals surface area contributed by atoms with E-state index in [1.165, 1.54) is 31.3 Å². The number of nitrogens with zero attached hydrogens (tertiary/aromatic N) is 2. The quantitative estimate of drug-likeness (QED) is 0.935. The average Bonchev–Trinajstić information content (AvgIpc) is 3.28. The Morgan fingerprint density at radius 2 is 1.90 bits per heavy atom. The lowest BCUT2D eigenvalue weighted by atomic mass is 10.1. The Hall–Kier alpha value is -1.36. The van der Waals surface area contributed by atoms with Gasteiger partial charge < -0.3 is 10.2 Å². The first-order valence-corrected chi connectivity index (χ1v) is 8.02. The molecule has 2 aromatic rings. The smallest absolute Gasteiger partial charge is 0.134 e. The van der Waals surface area contributed by atoms with Crippen LogP contribution in [0.5, 0.6) is 0 Å². The standard InChI is InChI=1S/C17H23N3O/c18-12-15(17-11-13-3-1-2-4-16(13)21-17)20-9-7-19(8-10-20)14-5-6-14/h1-4,11,14-15H,5-10,12,18H2. The molecule has 21 heavy (non-hydrogen) atoms. The molecule has 1 aliphatic heterocycles. The van der Waals surface area contributed by atoms with Crippen LogP contribution in [-0.2, 0) is 0 Å². The second-order valence-corrected chi connectivity index (χ2v) is 6.24. The first kappa shape index (κ1) is 13.3. The van der Waals surface area contributed by atoms with Gasteiger partial charge in [0.25, 0.3) is 0 Å². The number of benzene rings is 1. The molecule has 0 bridgehead atoms. The fourth-order valence-electron chi connectivity index (χ4n) is 3.47. The van der Waals surface area contributed by atoms with Crippen LogP contribution in [0.2, 0.25) is 0 Å². The molecule has 0 radical (unpaired) electrons. The van der Waals surface area contributed by atoms with Crippen molar-refractivity contribution in [2.45, 2.75) is 24.9 Å². The number of hydrogen-bond acceptors (Lipinski definition) is 4. The lowest BCUT2D eigenvalue weighted by Gasteiger charge is -2.38. The zero-order valence-electron chi connectivity index (χ0n) is 12.4. The highest BCUT2D eigenvalue weighted by Crippen LogP contribution is 2.31. The number of fused-ring (bicyclic) bond motifs is 1. The van der Waals surface area contributed by atoms with Gasteiger partial charge in [-0.15, -0.1) is 0 Å². The lowest BCUT2D eigenvalue weighted by molar-refractivity contribution is 0.0860. The van der Waals surface area contributed by atoms with Crippen molar-refractivity contribution in [1.29, 1.82) is 0 Å². The number of piperazine rings is 1. The zero-order valence-corrected chi connectivity index (χ0v) is 12.4. The van der Waals surface area contributed by atoms with Crippen molar-refractivity contribution in [2.24, 2.45) is 5.73 Å². The van der Waals surface area contributed by atoms with Gasteiger partial charge in [-0.2, -0.15) is 0 Å². The van der Waals surface area contributed by atoms with E-state index in [1.807, 2.05) is 18.2 Å². The molecular weight excluding hydrogens is 262 g/mol. The van der Waals surface area contributed by atoms with E-state index in [4.69, 9.17) is 10.2 Å². The average molecular weight is 285 g/mol. The Balaban J connectivity index is 1.51. The first-order valence-electron chi connectivity index (χ1n) is 8.02. The van der Waals surface area contributed by atoms with Crippen LogP contribution in [0, 0.1) is 0 Å². The van der Waals surface area contributed by atoms with Gasteiger partial charge >= 0.3 is 0 Å². The van der Waals surface area contributed by atoms with E-state index in [9.17, 15) is 0 Å². The van der Waals surface area contributed by atoms with Gasteiger partial charge in [-0.25, -0.2) is 0 Å². The van der Waals surface area contributed by atoms with Crippen LogP contribution < -0.4 is 5.73 Å². The van der Waals surface area contributed by atoms with E-state index in [2.05, 4.69) is 21.9 Å². The van der Waals surface area contributed by atoms with E-state index in [0.29, 0.717) is 6.54 Å². The maximum atomic E-state index is 6.05. The van der Waals surface area contributed by atoms with Crippen LogP contribution in [0.4, 0.5) is 0 Å². The molecule has 1 saturated heterocycles. The molecule has 1 aliphatic carbocycles. The van der Waals surface area contributed by atoms with Gasteiger partial charge in [0.1, 0.15) is 11.3 Å². The normalized spacial score (nSPS) is 22.7. The Morgan fingerprint density at radius 3 is 2.57 bits per heavy atom. The van der Waals surface area contributed by atoms with Crippen LogP contribution in [0.1, 0.15) is 24.6 Å². The Labute approximate surface area is 125 Å². The molecule has 1 aromatic carbocycles. The monoisotopic (exact) mass is 285 g/mol. The van der Waals surface area contributed by atoms with E-state index >= 15 is 0 Å². The van der Waals surface area contributed by atoms with Crippen molar-refractivity contribution in [2.75, 3.05) is 32.7 Å². The summed E-state index contributed by atoms with van der Waals surface area (Å²) in [5.41, 5.74) is 7.01. The van der Waals surface area contributed by atoms with E-state index in [0.717, 1.165) is 30.5 Å². The van der Waals surface area contributed by atoms with Crippen molar-refractivity contribution >= 4 is 11.0 Å². The Morgan fingerprint density at radius 1 is 1.14 bits per heavy atom. The summed E-state index contributed by atoms with van der Waals surface area (Å²) in [5.74, 6) is 1.01. The van der Waals surface area contributed by atoms with Crippen LogP contribution in [-0.4, -0.2) is 48.6 Å². The van der Waals surface area contributed by atoms with Crippen molar-refractivity contribution in [1.82, 2.24) is 9.80 Å². The molecule has 2 aliphatic rings. The molecule has 1 saturated carbocycles. The van der Waals surface area contributed by atoms with E-state index in [1.54, 1.807) is 0 Å². The highest BCUT2D eigenvalue weighted by Gasteiger charge is 2.33. The topological polar surface area (TPSA) is 45.6 Å². The Kier molecular flexibility index (Phi) is 3.45. The van der Waals surface area contributed by atoms with Gasteiger partial charge in [-0.05, 0) is 25.0 Å². The minimum atomic E-state index is 0.207. The van der Waals surface area contributed by atoms with Crippen LogP contribution in [0.15, 0.2) is 34.7 Å². The van der Waals surface area contributed by atoms with Gasteiger partial charge in [0.15, 0.2) is 0 Å². The molecule has 0 spiro atoms. The summed E-state index contributed by atoms with van der Waals surface area (Å²) >= 11 is 0. The van der Waals surface area contributed by atoms with Crippen LogP contribution in [0.3, 0.4) is 0 Å². The Bertz CT molecular complexity index is 578. The van der Waals surface area contributed by atoms with Gasteiger partial charge in [0, 0.05) is 44.2 Å². The van der Waals surface area contributed by atoms with E-state index in [-0.39, 0.29) is 6.04 Å². The SMILES string of the molecule is NCC(c1cc2ccccc2o1)N1CCN(C2CC2)CC1. The molecule has 4 nitrogen and oxygen atoms in total. The van der Waals surface area contributed by atoms with Crippen LogP contribution >= 0.6 is 0 Å². The number of furan rings is 1. The predicted molar refractivity (Wildman–Crippen MR) is 84.2 cm³/mol. The number of rotatable bonds is 4. The summed E-state index contributed by atoms with van der Waals surface area (Å²) in [6, 6.07) is 11.4. The minimum Gasteiger partial charge on any atom is -0.459 e. The zero-order chi connectivity index (χ0) is 14.2. The fraction of sp³-hybridized carbons (Fsp3) is 0.529. The molecule has 2 N–H and O–H groups in total. The highest BCUT2D eigenvalue weighted by atomic mass is 16.3. The van der Waals surface area contributed by atoms with Crippen molar-refractivity contribution in [3.8, 4) is 0 Å². The molecule has 1 aromatic heterocycles. The van der Waals surface area contributed by atoms with Gasteiger partial charge in [-0.3, -0.25) is 9.80 Å². The third kappa shape index (κ3) is 2.59. The van der Waals surface area contributed by atoms with Gasteiger partial charge in [0.2, 0.25) is 0 Å². The summed E-state index contributed by atoms with van der Waals surface area (Å²) in [6.45, 7) is 5.14. The van der Waals surface area contributed by atoms with E-state index < -0.39 is 0 Å². The maximum absolute atomic E-state index is 6.05. The molecule has 2 heterocycles. The largest absolute Gasteiger partial charge is 0.459 e. The highest BCUT2D eigenvalue weighted by molar-refractivity contribution is 5.77. The summed E-state index contributed by atoms with van der Waals surface area (Å²) in [7, 11) is 0. The molecule has 4 heteroatoms. The molecule has 112 valence electrons.